The summed E-state index contributed by atoms with van der Waals surface area (Å²) in [6.45, 7) is 3.61. The van der Waals surface area contributed by atoms with Crippen LogP contribution < -0.4 is 5.32 Å². The third-order valence-corrected chi connectivity index (χ3v) is 4.90. The molecule has 0 bridgehead atoms. The first-order chi connectivity index (χ1) is 11.6. The van der Waals surface area contributed by atoms with Crippen molar-refractivity contribution >= 4 is 11.8 Å². The van der Waals surface area contributed by atoms with Crippen molar-refractivity contribution in [3.8, 4) is 0 Å². The van der Waals surface area contributed by atoms with Crippen molar-refractivity contribution in [2.45, 2.75) is 45.1 Å². The van der Waals surface area contributed by atoms with Gasteiger partial charge in [-0.05, 0) is 44.1 Å². The highest BCUT2D eigenvalue weighted by molar-refractivity contribution is 5.93. The van der Waals surface area contributed by atoms with E-state index in [1.165, 1.54) is 12.8 Å². The minimum absolute atomic E-state index is 0.0437. The fourth-order valence-electron chi connectivity index (χ4n) is 3.28. The van der Waals surface area contributed by atoms with Crippen LogP contribution in [0.25, 0.3) is 0 Å². The van der Waals surface area contributed by atoms with Gasteiger partial charge in [-0.3, -0.25) is 9.59 Å². The number of hydrogen-bond acceptors (Lipinski definition) is 2. The van der Waals surface area contributed by atoms with E-state index >= 15 is 0 Å². The number of carbonyl (C=O) groups is 2. The lowest BCUT2D eigenvalue weighted by molar-refractivity contribution is -0.134. The molecular formula is C20H26N2O2. The molecule has 4 nitrogen and oxygen atoms in total. The number of benzene rings is 1. The Kier molecular flexibility index (Phi) is 5.34. The zero-order valence-corrected chi connectivity index (χ0v) is 14.3. The number of carbonyl (C=O) groups excluding carboxylic acids is 2. The van der Waals surface area contributed by atoms with Crippen molar-refractivity contribution in [1.82, 2.24) is 10.2 Å². The largest absolute Gasteiger partial charge is 0.341 e. The van der Waals surface area contributed by atoms with Gasteiger partial charge in [0.25, 0.3) is 0 Å². The average Bonchev–Trinajstić information content (AvgIpc) is 3.29. The molecule has 1 aromatic rings. The molecule has 4 heteroatoms. The van der Waals surface area contributed by atoms with Crippen molar-refractivity contribution in [1.29, 1.82) is 0 Å². The highest BCUT2D eigenvalue weighted by atomic mass is 16.2. The van der Waals surface area contributed by atoms with Crippen molar-refractivity contribution in [3.63, 3.8) is 0 Å². The van der Waals surface area contributed by atoms with E-state index in [1.807, 2.05) is 42.2 Å². The lowest BCUT2D eigenvalue weighted by atomic mass is 10.0. The SMILES string of the molecule is C/C(=C\C(=O)N[C@@H](Cc1ccccc1)C(=O)N1CCCC1)C1CC1. The monoisotopic (exact) mass is 326 g/mol. The van der Waals surface area contributed by atoms with E-state index in [0.717, 1.165) is 37.1 Å². The minimum Gasteiger partial charge on any atom is -0.341 e. The number of nitrogens with one attached hydrogen (secondary N) is 1. The molecule has 24 heavy (non-hydrogen) atoms. The van der Waals surface area contributed by atoms with E-state index < -0.39 is 6.04 Å². The molecule has 0 unspecified atom stereocenters. The molecule has 128 valence electrons. The first-order valence-electron chi connectivity index (χ1n) is 8.95. The lowest BCUT2D eigenvalue weighted by Gasteiger charge is -2.24. The quantitative estimate of drug-likeness (QED) is 0.817. The third kappa shape index (κ3) is 4.47. The number of likely N-dealkylation sites (tertiary alicyclic amines) is 1. The van der Waals surface area contributed by atoms with Gasteiger partial charge in [0.05, 0.1) is 0 Å². The molecule has 1 N–H and O–H groups in total. The maximum Gasteiger partial charge on any atom is 0.245 e. The molecule has 0 aromatic heterocycles. The second-order valence-corrected chi connectivity index (χ2v) is 6.95. The first kappa shape index (κ1) is 16.7. The molecule has 1 saturated carbocycles. The number of nitrogens with zero attached hydrogens (tertiary/aromatic N) is 1. The lowest BCUT2D eigenvalue weighted by Crippen LogP contribution is -2.48. The topological polar surface area (TPSA) is 49.4 Å². The standard InChI is InChI=1S/C20H26N2O2/c1-15(17-9-10-17)13-19(23)21-18(14-16-7-3-2-4-8-16)20(24)22-11-5-6-12-22/h2-4,7-8,13,17-18H,5-6,9-12,14H2,1H3,(H,21,23)/b15-13+/t18-/m0/s1. The Morgan fingerprint density at radius 2 is 1.88 bits per heavy atom. The average molecular weight is 326 g/mol. The molecule has 1 aliphatic heterocycles. The second kappa shape index (κ2) is 7.65. The summed E-state index contributed by atoms with van der Waals surface area (Å²) in [7, 11) is 0. The summed E-state index contributed by atoms with van der Waals surface area (Å²) in [5.41, 5.74) is 2.19. The van der Waals surface area contributed by atoms with E-state index in [9.17, 15) is 9.59 Å². The first-order valence-corrected chi connectivity index (χ1v) is 8.95. The highest BCUT2D eigenvalue weighted by Crippen LogP contribution is 2.35. The van der Waals surface area contributed by atoms with Gasteiger partial charge in [-0.15, -0.1) is 0 Å². The molecule has 2 fully saturated rings. The summed E-state index contributed by atoms with van der Waals surface area (Å²) in [6, 6.07) is 9.41. The summed E-state index contributed by atoms with van der Waals surface area (Å²) >= 11 is 0. The molecular weight excluding hydrogens is 300 g/mol. The number of rotatable bonds is 6. The zero-order chi connectivity index (χ0) is 16.9. The highest BCUT2D eigenvalue weighted by Gasteiger charge is 2.28. The molecule has 2 amide bonds. The summed E-state index contributed by atoms with van der Waals surface area (Å²) in [5, 5.41) is 2.95. The smallest absolute Gasteiger partial charge is 0.245 e. The summed E-state index contributed by atoms with van der Waals surface area (Å²) in [4.78, 5) is 27.0. The van der Waals surface area contributed by atoms with Gasteiger partial charge in [0.2, 0.25) is 11.8 Å². The number of hydrogen-bond donors (Lipinski definition) is 1. The van der Waals surface area contributed by atoms with Crippen molar-refractivity contribution in [2.75, 3.05) is 13.1 Å². The predicted molar refractivity (Wildman–Crippen MR) is 94.4 cm³/mol. The fraction of sp³-hybridized carbons (Fsp3) is 0.500. The van der Waals surface area contributed by atoms with Gasteiger partial charge >= 0.3 is 0 Å². The summed E-state index contributed by atoms with van der Waals surface area (Å²) < 4.78 is 0. The Balaban J connectivity index is 1.69. The number of allylic oxidation sites excluding steroid dienone is 1. The fourth-order valence-corrected chi connectivity index (χ4v) is 3.28. The molecule has 2 aliphatic rings. The van der Waals surface area contributed by atoms with Gasteiger partial charge < -0.3 is 10.2 Å². The van der Waals surface area contributed by atoms with Gasteiger partial charge in [0.1, 0.15) is 6.04 Å². The van der Waals surface area contributed by atoms with Crippen LogP contribution in [-0.2, 0) is 16.0 Å². The molecule has 1 aromatic carbocycles. The summed E-state index contributed by atoms with van der Waals surface area (Å²) in [5.74, 6) is 0.465. The van der Waals surface area contributed by atoms with Crippen LogP contribution in [0.4, 0.5) is 0 Å². The van der Waals surface area contributed by atoms with Crippen LogP contribution in [0.3, 0.4) is 0 Å². The maximum absolute atomic E-state index is 12.8. The van der Waals surface area contributed by atoms with Gasteiger partial charge in [-0.25, -0.2) is 0 Å². The van der Waals surface area contributed by atoms with E-state index in [-0.39, 0.29) is 11.8 Å². The van der Waals surface area contributed by atoms with Gasteiger partial charge in [0.15, 0.2) is 0 Å². The van der Waals surface area contributed by atoms with Crippen molar-refractivity contribution in [2.24, 2.45) is 5.92 Å². The molecule has 0 spiro atoms. The molecule has 1 heterocycles. The predicted octanol–water partition coefficient (Wildman–Crippen LogP) is 2.69. The van der Waals surface area contributed by atoms with Crippen LogP contribution in [0.5, 0.6) is 0 Å². The normalized spacial score (nSPS) is 19.2. The Morgan fingerprint density at radius 3 is 2.50 bits per heavy atom. The Morgan fingerprint density at radius 1 is 1.21 bits per heavy atom. The van der Waals surface area contributed by atoms with Gasteiger partial charge in [-0.1, -0.05) is 35.9 Å². The van der Waals surface area contributed by atoms with Crippen LogP contribution in [0, 0.1) is 5.92 Å². The van der Waals surface area contributed by atoms with Crippen LogP contribution >= 0.6 is 0 Å². The van der Waals surface area contributed by atoms with E-state index in [1.54, 1.807) is 6.08 Å². The Labute approximate surface area is 143 Å². The third-order valence-electron chi connectivity index (χ3n) is 4.90. The van der Waals surface area contributed by atoms with Gasteiger partial charge in [0, 0.05) is 25.6 Å². The second-order valence-electron chi connectivity index (χ2n) is 6.95. The van der Waals surface area contributed by atoms with Crippen LogP contribution in [0.2, 0.25) is 0 Å². The minimum atomic E-state index is -0.485. The molecule has 1 atom stereocenters. The Bertz CT molecular complexity index is 614. The van der Waals surface area contributed by atoms with E-state index in [0.29, 0.717) is 12.3 Å². The molecule has 1 aliphatic carbocycles. The van der Waals surface area contributed by atoms with Gasteiger partial charge in [-0.2, -0.15) is 0 Å². The van der Waals surface area contributed by atoms with Crippen LogP contribution in [0.15, 0.2) is 42.0 Å². The molecule has 1 saturated heterocycles. The van der Waals surface area contributed by atoms with Crippen LogP contribution in [-0.4, -0.2) is 35.8 Å². The molecule has 0 radical (unpaired) electrons. The van der Waals surface area contributed by atoms with Crippen molar-refractivity contribution < 1.29 is 9.59 Å². The van der Waals surface area contributed by atoms with E-state index in [2.05, 4.69) is 5.32 Å². The Hall–Kier alpha value is -2.10. The summed E-state index contributed by atoms with van der Waals surface area (Å²) in [6.07, 6.45) is 6.67. The maximum atomic E-state index is 12.8. The molecule has 3 rings (SSSR count). The van der Waals surface area contributed by atoms with Crippen molar-refractivity contribution in [3.05, 3.63) is 47.5 Å². The number of amides is 2. The van der Waals surface area contributed by atoms with Crippen LogP contribution in [0.1, 0.15) is 38.2 Å². The zero-order valence-electron chi connectivity index (χ0n) is 14.3. The van der Waals surface area contributed by atoms with E-state index in [4.69, 9.17) is 0 Å².